The Morgan fingerprint density at radius 3 is 2.59 bits per heavy atom. The Balaban J connectivity index is 2.22. The molecule has 0 amide bonds. The SMILES string of the molecule is Cc1nc(Nc2ccc(F)cc2)oc1C(=O)O. The van der Waals surface area contributed by atoms with Crippen LogP contribution in [0.1, 0.15) is 16.2 Å². The second-order valence-corrected chi connectivity index (χ2v) is 3.37. The molecular weight excluding hydrogens is 227 g/mol. The molecule has 2 aromatic rings. The zero-order chi connectivity index (χ0) is 12.4. The number of nitrogens with one attached hydrogen (secondary N) is 1. The fourth-order valence-electron chi connectivity index (χ4n) is 1.31. The molecule has 0 aliphatic carbocycles. The molecule has 0 bridgehead atoms. The van der Waals surface area contributed by atoms with Crippen molar-refractivity contribution in [1.29, 1.82) is 0 Å². The van der Waals surface area contributed by atoms with Crippen LogP contribution in [0.5, 0.6) is 0 Å². The molecule has 0 atom stereocenters. The third-order valence-corrected chi connectivity index (χ3v) is 2.09. The molecular formula is C11H9FN2O3. The first-order valence-corrected chi connectivity index (χ1v) is 4.79. The van der Waals surface area contributed by atoms with E-state index in [9.17, 15) is 9.18 Å². The fraction of sp³-hybridized carbons (Fsp3) is 0.0909. The first kappa shape index (κ1) is 11.1. The molecule has 0 fully saturated rings. The first-order chi connectivity index (χ1) is 8.06. The molecule has 0 unspecified atom stereocenters. The molecule has 0 aliphatic heterocycles. The monoisotopic (exact) mass is 236 g/mol. The average Bonchev–Trinajstić information content (AvgIpc) is 2.63. The molecule has 0 aliphatic rings. The standard InChI is InChI=1S/C11H9FN2O3/c1-6-9(10(15)16)17-11(13-6)14-8-4-2-7(12)3-5-8/h2-5H,1H3,(H,13,14)(H,15,16). The van der Waals surface area contributed by atoms with E-state index in [-0.39, 0.29) is 23.3 Å². The van der Waals surface area contributed by atoms with Gasteiger partial charge in [-0.1, -0.05) is 0 Å². The maximum Gasteiger partial charge on any atom is 0.373 e. The van der Waals surface area contributed by atoms with E-state index in [0.29, 0.717) is 5.69 Å². The number of aryl methyl sites for hydroxylation is 1. The molecule has 88 valence electrons. The summed E-state index contributed by atoms with van der Waals surface area (Å²) in [4.78, 5) is 14.6. The zero-order valence-electron chi connectivity index (χ0n) is 8.90. The molecule has 0 saturated carbocycles. The van der Waals surface area contributed by atoms with Gasteiger partial charge in [-0.05, 0) is 31.2 Å². The second kappa shape index (κ2) is 4.25. The number of halogens is 1. The van der Waals surface area contributed by atoms with Gasteiger partial charge in [-0.15, -0.1) is 0 Å². The summed E-state index contributed by atoms with van der Waals surface area (Å²) in [5, 5.41) is 11.5. The van der Waals surface area contributed by atoms with E-state index in [1.54, 1.807) is 0 Å². The predicted octanol–water partition coefficient (Wildman–Crippen LogP) is 2.56. The molecule has 0 saturated heterocycles. The highest BCUT2D eigenvalue weighted by molar-refractivity contribution is 5.85. The van der Waals surface area contributed by atoms with Crippen molar-refractivity contribution < 1.29 is 18.7 Å². The van der Waals surface area contributed by atoms with Crippen LogP contribution >= 0.6 is 0 Å². The van der Waals surface area contributed by atoms with Crippen LogP contribution in [0.15, 0.2) is 28.7 Å². The van der Waals surface area contributed by atoms with Gasteiger partial charge in [0, 0.05) is 5.69 Å². The van der Waals surface area contributed by atoms with Gasteiger partial charge in [0.1, 0.15) is 5.82 Å². The van der Waals surface area contributed by atoms with E-state index in [1.807, 2.05) is 0 Å². The van der Waals surface area contributed by atoms with Crippen LogP contribution in [0, 0.1) is 12.7 Å². The lowest BCUT2D eigenvalue weighted by molar-refractivity contribution is 0.0662. The Labute approximate surface area is 95.9 Å². The number of nitrogens with zero attached hydrogens (tertiary/aromatic N) is 1. The van der Waals surface area contributed by atoms with Crippen LogP contribution in [0.2, 0.25) is 0 Å². The Bertz CT molecular complexity index is 548. The molecule has 1 aromatic carbocycles. The Morgan fingerprint density at radius 1 is 1.41 bits per heavy atom. The number of anilines is 2. The topological polar surface area (TPSA) is 75.4 Å². The van der Waals surface area contributed by atoms with E-state index in [2.05, 4.69) is 10.3 Å². The summed E-state index contributed by atoms with van der Waals surface area (Å²) < 4.78 is 17.6. The molecule has 2 N–H and O–H groups in total. The van der Waals surface area contributed by atoms with Gasteiger partial charge in [-0.3, -0.25) is 0 Å². The van der Waals surface area contributed by atoms with Crippen LogP contribution in [0.25, 0.3) is 0 Å². The maximum atomic E-state index is 12.7. The zero-order valence-corrected chi connectivity index (χ0v) is 8.90. The van der Waals surface area contributed by atoms with Gasteiger partial charge in [0.15, 0.2) is 0 Å². The van der Waals surface area contributed by atoms with Crippen molar-refractivity contribution in [2.24, 2.45) is 0 Å². The summed E-state index contributed by atoms with van der Waals surface area (Å²) >= 11 is 0. The minimum Gasteiger partial charge on any atom is -0.475 e. The predicted molar refractivity (Wildman–Crippen MR) is 57.9 cm³/mol. The number of hydrogen-bond donors (Lipinski definition) is 2. The van der Waals surface area contributed by atoms with Gasteiger partial charge in [0.25, 0.3) is 6.01 Å². The van der Waals surface area contributed by atoms with Crippen molar-refractivity contribution in [1.82, 2.24) is 4.98 Å². The van der Waals surface area contributed by atoms with Gasteiger partial charge in [0.2, 0.25) is 5.76 Å². The molecule has 1 heterocycles. The molecule has 17 heavy (non-hydrogen) atoms. The minimum atomic E-state index is -1.18. The largest absolute Gasteiger partial charge is 0.475 e. The molecule has 6 heteroatoms. The quantitative estimate of drug-likeness (QED) is 0.856. The van der Waals surface area contributed by atoms with E-state index < -0.39 is 5.97 Å². The molecule has 1 aromatic heterocycles. The number of oxazole rings is 1. The highest BCUT2D eigenvalue weighted by Gasteiger charge is 2.15. The fourth-order valence-corrected chi connectivity index (χ4v) is 1.31. The van der Waals surface area contributed by atoms with Gasteiger partial charge in [0.05, 0.1) is 5.69 Å². The van der Waals surface area contributed by atoms with Crippen LogP contribution < -0.4 is 5.32 Å². The van der Waals surface area contributed by atoms with E-state index in [1.165, 1.54) is 31.2 Å². The number of carboxylic acid groups (broad SMARTS) is 1. The molecule has 0 radical (unpaired) electrons. The minimum absolute atomic E-state index is 0.0616. The van der Waals surface area contributed by atoms with Crippen molar-refractivity contribution in [3.8, 4) is 0 Å². The van der Waals surface area contributed by atoms with Crippen LogP contribution in [0.3, 0.4) is 0 Å². The van der Waals surface area contributed by atoms with Crippen molar-refractivity contribution in [3.05, 3.63) is 41.5 Å². The third kappa shape index (κ3) is 2.41. The van der Waals surface area contributed by atoms with Crippen molar-refractivity contribution in [2.75, 3.05) is 5.32 Å². The van der Waals surface area contributed by atoms with E-state index in [4.69, 9.17) is 9.52 Å². The van der Waals surface area contributed by atoms with E-state index in [0.717, 1.165) is 0 Å². The third-order valence-electron chi connectivity index (χ3n) is 2.09. The van der Waals surface area contributed by atoms with Crippen molar-refractivity contribution in [2.45, 2.75) is 6.92 Å². The number of carboxylic acids is 1. The number of rotatable bonds is 3. The second-order valence-electron chi connectivity index (χ2n) is 3.37. The van der Waals surface area contributed by atoms with Crippen molar-refractivity contribution in [3.63, 3.8) is 0 Å². The lowest BCUT2D eigenvalue weighted by Gasteiger charge is -2.00. The van der Waals surface area contributed by atoms with Gasteiger partial charge < -0.3 is 14.8 Å². The highest BCUT2D eigenvalue weighted by Crippen LogP contribution is 2.19. The summed E-state index contributed by atoms with van der Waals surface area (Å²) in [5.74, 6) is -1.75. The average molecular weight is 236 g/mol. The first-order valence-electron chi connectivity index (χ1n) is 4.79. The number of hydrogen-bond acceptors (Lipinski definition) is 4. The number of aromatic nitrogens is 1. The van der Waals surface area contributed by atoms with Crippen LogP contribution in [0.4, 0.5) is 16.1 Å². The highest BCUT2D eigenvalue weighted by atomic mass is 19.1. The summed E-state index contributed by atoms with van der Waals surface area (Å²) in [7, 11) is 0. The summed E-state index contributed by atoms with van der Waals surface area (Å²) in [5.41, 5.74) is 0.840. The number of benzene rings is 1. The van der Waals surface area contributed by atoms with Gasteiger partial charge in [-0.2, -0.15) is 4.98 Å². The Kier molecular flexibility index (Phi) is 2.78. The van der Waals surface area contributed by atoms with Crippen LogP contribution in [-0.2, 0) is 0 Å². The normalized spacial score (nSPS) is 10.2. The number of carbonyl (C=O) groups is 1. The number of aromatic carboxylic acids is 1. The van der Waals surface area contributed by atoms with Gasteiger partial charge in [-0.25, -0.2) is 9.18 Å². The van der Waals surface area contributed by atoms with E-state index >= 15 is 0 Å². The molecule has 5 nitrogen and oxygen atoms in total. The van der Waals surface area contributed by atoms with Crippen LogP contribution in [-0.4, -0.2) is 16.1 Å². The van der Waals surface area contributed by atoms with Crippen molar-refractivity contribution >= 4 is 17.7 Å². The lowest BCUT2D eigenvalue weighted by atomic mass is 10.3. The lowest BCUT2D eigenvalue weighted by Crippen LogP contribution is -1.95. The smallest absolute Gasteiger partial charge is 0.373 e. The maximum absolute atomic E-state index is 12.7. The Hall–Kier alpha value is -2.37. The summed E-state index contributed by atoms with van der Waals surface area (Å²) in [6, 6.07) is 5.60. The summed E-state index contributed by atoms with van der Waals surface area (Å²) in [6.45, 7) is 1.53. The Morgan fingerprint density at radius 2 is 2.06 bits per heavy atom. The summed E-state index contributed by atoms with van der Waals surface area (Å²) in [6.07, 6.45) is 0. The molecule has 2 rings (SSSR count). The molecule has 0 spiro atoms. The van der Waals surface area contributed by atoms with Gasteiger partial charge >= 0.3 is 5.97 Å².